The molecule has 8 heteroatoms. The monoisotopic (exact) mass is 275 g/mol. The van der Waals surface area contributed by atoms with Crippen LogP contribution < -0.4 is 5.48 Å². The molecule has 0 saturated heterocycles. The number of nitrogens with one attached hydrogen (secondary N) is 1. The van der Waals surface area contributed by atoms with Crippen LogP contribution in [-0.4, -0.2) is 22.5 Å². The van der Waals surface area contributed by atoms with E-state index in [1.165, 1.54) is 6.08 Å². The van der Waals surface area contributed by atoms with Gasteiger partial charge in [-0.1, -0.05) is 40.9 Å². The molecule has 0 aliphatic rings. The number of hydrogen-bond donors (Lipinski definition) is 1. The van der Waals surface area contributed by atoms with Gasteiger partial charge in [0.25, 0.3) is 0 Å². The van der Waals surface area contributed by atoms with Crippen molar-refractivity contribution in [3.8, 4) is 0 Å². The Morgan fingerprint density at radius 1 is 1.40 bits per heavy atom. The van der Waals surface area contributed by atoms with Crippen LogP contribution in [0, 0.1) is 0 Å². The van der Waals surface area contributed by atoms with Gasteiger partial charge in [-0.05, 0) is 0 Å². The highest BCUT2D eigenvalue weighted by Gasteiger charge is 2.22. The Balaban J connectivity index is 3.67. The van der Waals surface area contributed by atoms with Gasteiger partial charge in [-0.15, -0.1) is 12.1 Å². The molecule has 0 aromatic rings. The molecule has 0 aliphatic carbocycles. The number of ether oxygens (including phenoxy) is 1. The third-order valence-corrected chi connectivity index (χ3v) is 1.25. The van der Waals surface area contributed by atoms with Gasteiger partial charge >= 0.3 is 12.1 Å². The van der Waals surface area contributed by atoms with E-state index in [1.807, 2.05) is 0 Å². The number of hydrogen-bond acceptors (Lipinski definition) is 4. The fraction of sp³-hybridized carbons (Fsp3) is 0.429. The van der Waals surface area contributed by atoms with Gasteiger partial charge in [0, 0.05) is 0 Å². The normalized spacial score (nSPS) is 10.3. The first-order valence-corrected chi connectivity index (χ1v) is 4.78. The van der Waals surface area contributed by atoms with E-state index >= 15 is 0 Å². The first-order valence-electron chi connectivity index (χ1n) is 3.65. The maximum absolute atomic E-state index is 10.8. The van der Waals surface area contributed by atoms with Crippen molar-refractivity contribution in [3.05, 3.63) is 12.7 Å². The van der Waals surface area contributed by atoms with Crippen molar-refractivity contribution in [2.45, 2.75) is 10.2 Å². The van der Waals surface area contributed by atoms with E-state index < -0.39 is 22.5 Å². The smallest absolute Gasteiger partial charge is 0.440 e. The molecule has 0 bridgehead atoms. The van der Waals surface area contributed by atoms with Gasteiger partial charge in [0.15, 0.2) is 0 Å². The van der Waals surface area contributed by atoms with Crippen LogP contribution in [0.2, 0.25) is 0 Å². The summed E-state index contributed by atoms with van der Waals surface area (Å²) < 4.78 is 2.68. The summed E-state index contributed by atoms with van der Waals surface area (Å²) in [5, 5.41) is 0. The molecule has 0 unspecified atom stereocenters. The van der Waals surface area contributed by atoms with Crippen molar-refractivity contribution in [1.29, 1.82) is 0 Å². The molecule has 15 heavy (non-hydrogen) atoms. The van der Waals surface area contributed by atoms with Gasteiger partial charge in [-0.2, -0.15) is 0 Å². The Morgan fingerprint density at radius 2 is 2.00 bits per heavy atom. The standard InChI is InChI=1S/C7H8Cl3NO4/c1-2-3-5(12)15-11-6(13)14-4-7(8,9)10/h2H,1,3-4H2,(H,11,13). The topological polar surface area (TPSA) is 64.6 Å². The van der Waals surface area contributed by atoms with Crippen LogP contribution in [0.4, 0.5) is 4.79 Å². The second-order valence-electron chi connectivity index (χ2n) is 2.26. The lowest BCUT2D eigenvalue weighted by atomic mass is 10.4. The summed E-state index contributed by atoms with van der Waals surface area (Å²) in [4.78, 5) is 25.7. The molecular weight excluding hydrogens is 268 g/mol. The third-order valence-electron chi connectivity index (χ3n) is 0.926. The van der Waals surface area contributed by atoms with E-state index in [0.29, 0.717) is 0 Å². The fourth-order valence-electron chi connectivity index (χ4n) is 0.435. The predicted molar refractivity (Wildman–Crippen MR) is 55.7 cm³/mol. The molecule has 0 aromatic carbocycles. The zero-order valence-electron chi connectivity index (χ0n) is 7.47. The van der Waals surface area contributed by atoms with E-state index in [4.69, 9.17) is 34.8 Å². The van der Waals surface area contributed by atoms with Gasteiger partial charge in [-0.3, -0.25) is 0 Å². The number of amides is 1. The maximum Gasteiger partial charge on any atom is 0.440 e. The molecule has 5 nitrogen and oxygen atoms in total. The SMILES string of the molecule is C=CCC(=O)ONC(=O)OCC(Cl)(Cl)Cl. The van der Waals surface area contributed by atoms with Crippen LogP contribution in [0.3, 0.4) is 0 Å². The summed E-state index contributed by atoms with van der Waals surface area (Å²) >= 11 is 15.9. The summed E-state index contributed by atoms with van der Waals surface area (Å²) in [5.74, 6) is -0.684. The molecule has 1 N–H and O–H groups in total. The number of alkyl halides is 3. The van der Waals surface area contributed by atoms with Crippen LogP contribution in [0.25, 0.3) is 0 Å². The molecule has 86 valence electrons. The van der Waals surface area contributed by atoms with E-state index in [-0.39, 0.29) is 6.42 Å². The first-order chi connectivity index (χ1) is 6.85. The molecule has 1 amide bonds. The lowest BCUT2D eigenvalue weighted by Crippen LogP contribution is -2.30. The van der Waals surface area contributed by atoms with Crippen molar-refractivity contribution in [2.75, 3.05) is 6.61 Å². The van der Waals surface area contributed by atoms with Crippen LogP contribution in [0.5, 0.6) is 0 Å². The minimum Gasteiger partial charge on any atom is -0.443 e. The van der Waals surface area contributed by atoms with Gasteiger partial charge in [0.2, 0.25) is 3.79 Å². The molecule has 0 spiro atoms. The lowest BCUT2D eigenvalue weighted by molar-refractivity contribution is -0.148. The molecule has 0 radical (unpaired) electrons. The van der Waals surface area contributed by atoms with Gasteiger partial charge in [-0.25, -0.2) is 9.59 Å². The second-order valence-corrected chi connectivity index (χ2v) is 4.78. The number of halogens is 3. The van der Waals surface area contributed by atoms with Crippen LogP contribution in [-0.2, 0) is 14.4 Å². The first kappa shape index (κ1) is 14.3. The molecule has 0 atom stereocenters. The second kappa shape index (κ2) is 6.76. The summed E-state index contributed by atoms with van der Waals surface area (Å²) in [5.41, 5.74) is 1.71. The maximum atomic E-state index is 10.8. The molecule has 0 fully saturated rings. The molecule has 0 heterocycles. The quantitative estimate of drug-likeness (QED) is 0.487. The Hall–Kier alpha value is -0.650. The average Bonchev–Trinajstić information content (AvgIpc) is 2.11. The van der Waals surface area contributed by atoms with Gasteiger partial charge in [0.05, 0.1) is 6.42 Å². The predicted octanol–water partition coefficient (Wildman–Crippen LogP) is 2.12. The van der Waals surface area contributed by atoms with Crippen LogP contribution in [0.1, 0.15) is 6.42 Å². The molecular formula is C7H8Cl3NO4. The van der Waals surface area contributed by atoms with Crippen LogP contribution in [0.15, 0.2) is 12.7 Å². The Kier molecular flexibility index (Phi) is 6.47. The number of hydroxylamine groups is 1. The van der Waals surface area contributed by atoms with E-state index in [0.717, 1.165) is 0 Å². The van der Waals surface area contributed by atoms with Crippen molar-refractivity contribution in [3.63, 3.8) is 0 Å². The summed E-state index contributed by atoms with van der Waals surface area (Å²) in [6.07, 6.45) is 0.250. The zero-order valence-corrected chi connectivity index (χ0v) is 9.73. The molecule has 0 aliphatic heterocycles. The zero-order chi connectivity index (χ0) is 11.9. The molecule has 0 aromatic heterocycles. The number of carbonyl (C=O) groups is 2. The lowest BCUT2D eigenvalue weighted by Gasteiger charge is -2.11. The Bertz CT molecular complexity index is 251. The highest BCUT2D eigenvalue weighted by Crippen LogP contribution is 2.25. The third kappa shape index (κ3) is 9.65. The summed E-state index contributed by atoms with van der Waals surface area (Å²) in [6.45, 7) is 2.84. The van der Waals surface area contributed by atoms with Crippen molar-refractivity contribution >= 4 is 46.9 Å². The minimum atomic E-state index is -1.71. The van der Waals surface area contributed by atoms with Gasteiger partial charge in [0.1, 0.15) is 6.61 Å². The number of carbonyl (C=O) groups excluding carboxylic acids is 2. The van der Waals surface area contributed by atoms with Crippen molar-refractivity contribution in [2.24, 2.45) is 0 Å². The highest BCUT2D eigenvalue weighted by atomic mass is 35.6. The molecule has 0 rings (SSSR count). The van der Waals surface area contributed by atoms with Crippen LogP contribution >= 0.6 is 34.8 Å². The average molecular weight is 277 g/mol. The minimum absolute atomic E-state index is 0.0370. The molecule has 0 saturated carbocycles. The number of rotatable bonds is 3. The van der Waals surface area contributed by atoms with Crippen molar-refractivity contribution in [1.82, 2.24) is 5.48 Å². The highest BCUT2D eigenvalue weighted by molar-refractivity contribution is 6.67. The Morgan fingerprint density at radius 3 is 2.47 bits per heavy atom. The van der Waals surface area contributed by atoms with Gasteiger partial charge < -0.3 is 9.57 Å². The fourth-order valence-corrected chi connectivity index (χ4v) is 0.599. The van der Waals surface area contributed by atoms with E-state index in [2.05, 4.69) is 16.2 Å². The van der Waals surface area contributed by atoms with E-state index in [1.54, 1.807) is 5.48 Å². The summed E-state index contributed by atoms with van der Waals surface area (Å²) in [6, 6.07) is 0. The largest absolute Gasteiger partial charge is 0.443 e. The Labute approximate surface area is 101 Å². The summed E-state index contributed by atoms with van der Waals surface area (Å²) in [7, 11) is 0. The van der Waals surface area contributed by atoms with Crippen molar-refractivity contribution < 1.29 is 19.2 Å². The van der Waals surface area contributed by atoms with E-state index in [9.17, 15) is 9.59 Å².